The van der Waals surface area contributed by atoms with Crippen molar-refractivity contribution in [2.45, 2.75) is 27.2 Å². The number of hydrogen-bond acceptors (Lipinski definition) is 3. The van der Waals surface area contributed by atoms with Gasteiger partial charge in [-0.3, -0.25) is 0 Å². The summed E-state index contributed by atoms with van der Waals surface area (Å²) in [6, 6.07) is 5.28. The van der Waals surface area contributed by atoms with Crippen LogP contribution < -0.4 is 0 Å². The molecular formula is C12H17NO2. The number of aromatic hydroxyl groups is 1. The molecule has 1 atom stereocenters. The van der Waals surface area contributed by atoms with E-state index in [4.69, 9.17) is 5.21 Å². The molecule has 3 heteroatoms. The van der Waals surface area contributed by atoms with Crippen molar-refractivity contribution in [3.05, 3.63) is 29.3 Å². The zero-order valence-corrected chi connectivity index (χ0v) is 9.36. The van der Waals surface area contributed by atoms with Gasteiger partial charge in [-0.1, -0.05) is 30.6 Å². The molecule has 1 aromatic carbocycles. The van der Waals surface area contributed by atoms with Gasteiger partial charge in [0.1, 0.15) is 5.75 Å². The molecule has 0 aliphatic heterocycles. The highest BCUT2D eigenvalue weighted by atomic mass is 16.4. The Hall–Kier alpha value is -1.51. The maximum Gasteiger partial charge on any atom is 0.124 e. The first-order valence-corrected chi connectivity index (χ1v) is 5.12. The van der Waals surface area contributed by atoms with E-state index >= 15 is 0 Å². The molecule has 0 aromatic heterocycles. The summed E-state index contributed by atoms with van der Waals surface area (Å²) in [6.07, 6.45) is 0.868. The lowest BCUT2D eigenvalue weighted by molar-refractivity contribution is 0.315. The molecule has 0 unspecified atom stereocenters. The molecule has 0 saturated carbocycles. The van der Waals surface area contributed by atoms with E-state index in [1.54, 1.807) is 6.07 Å². The Morgan fingerprint density at radius 2 is 2.13 bits per heavy atom. The standard InChI is InChI=1S/C12H17NO2/c1-4-9(3)12(13-15)10-7-8(2)5-6-11(10)14/h5-7,9,14-15H,4H2,1-3H3/b13-12-/t9-/m0/s1. The van der Waals surface area contributed by atoms with Crippen LogP contribution in [0.3, 0.4) is 0 Å². The van der Waals surface area contributed by atoms with Crippen molar-refractivity contribution in [1.82, 2.24) is 0 Å². The monoisotopic (exact) mass is 207 g/mol. The van der Waals surface area contributed by atoms with Crippen LogP contribution in [0.1, 0.15) is 31.4 Å². The minimum atomic E-state index is 0.127. The average molecular weight is 207 g/mol. The first-order valence-electron chi connectivity index (χ1n) is 5.12. The molecule has 0 aliphatic rings. The Kier molecular flexibility index (Phi) is 3.72. The van der Waals surface area contributed by atoms with E-state index in [9.17, 15) is 5.11 Å². The molecule has 3 nitrogen and oxygen atoms in total. The van der Waals surface area contributed by atoms with Crippen molar-refractivity contribution >= 4 is 5.71 Å². The van der Waals surface area contributed by atoms with E-state index in [-0.39, 0.29) is 11.7 Å². The van der Waals surface area contributed by atoms with Crippen LogP contribution in [-0.4, -0.2) is 16.0 Å². The van der Waals surface area contributed by atoms with Crippen molar-refractivity contribution in [1.29, 1.82) is 0 Å². The fourth-order valence-electron chi connectivity index (χ4n) is 1.47. The Morgan fingerprint density at radius 3 is 2.67 bits per heavy atom. The van der Waals surface area contributed by atoms with E-state index in [0.29, 0.717) is 11.3 Å². The van der Waals surface area contributed by atoms with E-state index in [2.05, 4.69) is 5.16 Å². The number of benzene rings is 1. The first kappa shape index (κ1) is 11.6. The van der Waals surface area contributed by atoms with Gasteiger partial charge in [0.2, 0.25) is 0 Å². The van der Waals surface area contributed by atoms with Gasteiger partial charge in [0.05, 0.1) is 5.71 Å². The summed E-state index contributed by atoms with van der Waals surface area (Å²) in [5, 5.41) is 21.9. The second-order valence-corrected chi connectivity index (χ2v) is 3.82. The van der Waals surface area contributed by atoms with Crippen LogP contribution in [0.4, 0.5) is 0 Å². The number of phenolic OH excluding ortho intramolecular Hbond substituents is 1. The van der Waals surface area contributed by atoms with Crippen LogP contribution in [-0.2, 0) is 0 Å². The van der Waals surface area contributed by atoms with E-state index < -0.39 is 0 Å². The lowest BCUT2D eigenvalue weighted by Gasteiger charge is -2.12. The molecule has 0 saturated heterocycles. The highest BCUT2D eigenvalue weighted by Gasteiger charge is 2.15. The largest absolute Gasteiger partial charge is 0.507 e. The Morgan fingerprint density at radius 1 is 1.47 bits per heavy atom. The Balaban J connectivity index is 3.18. The van der Waals surface area contributed by atoms with Gasteiger partial charge >= 0.3 is 0 Å². The minimum Gasteiger partial charge on any atom is -0.507 e. The minimum absolute atomic E-state index is 0.127. The van der Waals surface area contributed by atoms with Crippen molar-refractivity contribution in [3.63, 3.8) is 0 Å². The molecule has 0 aliphatic carbocycles. The summed E-state index contributed by atoms with van der Waals surface area (Å²) >= 11 is 0. The molecule has 0 heterocycles. The molecule has 15 heavy (non-hydrogen) atoms. The van der Waals surface area contributed by atoms with Gasteiger partial charge in [-0.2, -0.15) is 0 Å². The van der Waals surface area contributed by atoms with Crippen LogP contribution in [0.2, 0.25) is 0 Å². The average Bonchev–Trinajstić information content (AvgIpc) is 2.23. The van der Waals surface area contributed by atoms with Crippen LogP contribution in [0, 0.1) is 12.8 Å². The summed E-state index contributed by atoms with van der Waals surface area (Å²) in [4.78, 5) is 0. The number of nitrogens with zero attached hydrogens (tertiary/aromatic N) is 1. The highest BCUT2D eigenvalue weighted by Crippen LogP contribution is 2.23. The maximum absolute atomic E-state index is 9.69. The number of phenols is 1. The highest BCUT2D eigenvalue weighted by molar-refractivity contribution is 6.03. The molecule has 1 rings (SSSR count). The second-order valence-electron chi connectivity index (χ2n) is 3.82. The Bertz CT molecular complexity index is 372. The van der Waals surface area contributed by atoms with Crippen LogP contribution in [0.15, 0.2) is 23.4 Å². The molecular weight excluding hydrogens is 190 g/mol. The van der Waals surface area contributed by atoms with Gasteiger partial charge < -0.3 is 10.3 Å². The van der Waals surface area contributed by atoms with Gasteiger partial charge in [-0.15, -0.1) is 0 Å². The maximum atomic E-state index is 9.69. The molecule has 0 bridgehead atoms. The van der Waals surface area contributed by atoms with Crippen molar-refractivity contribution < 1.29 is 10.3 Å². The van der Waals surface area contributed by atoms with Crippen LogP contribution in [0.25, 0.3) is 0 Å². The van der Waals surface area contributed by atoms with Gasteiger partial charge in [0.25, 0.3) is 0 Å². The number of oxime groups is 1. The summed E-state index contributed by atoms with van der Waals surface area (Å²) in [5.41, 5.74) is 2.19. The third-order valence-electron chi connectivity index (χ3n) is 2.61. The first-order chi connectivity index (χ1) is 7.10. The SMILES string of the molecule is CC[C@H](C)/C(=N/O)c1cc(C)ccc1O. The molecule has 0 fully saturated rings. The van der Waals surface area contributed by atoms with Gasteiger partial charge in [0.15, 0.2) is 0 Å². The predicted octanol–water partition coefficient (Wildman–Crippen LogP) is 2.93. The number of rotatable bonds is 3. The summed E-state index contributed by atoms with van der Waals surface area (Å²) in [5.74, 6) is 0.288. The summed E-state index contributed by atoms with van der Waals surface area (Å²) in [6.45, 7) is 5.92. The lowest BCUT2D eigenvalue weighted by Crippen LogP contribution is -2.12. The van der Waals surface area contributed by atoms with Crippen LogP contribution >= 0.6 is 0 Å². The fraction of sp³-hybridized carbons (Fsp3) is 0.417. The number of hydrogen-bond donors (Lipinski definition) is 2. The van der Waals surface area contributed by atoms with Gasteiger partial charge in [-0.05, 0) is 25.5 Å². The second kappa shape index (κ2) is 4.82. The molecule has 82 valence electrons. The van der Waals surface area contributed by atoms with Gasteiger partial charge in [0, 0.05) is 11.5 Å². The third-order valence-corrected chi connectivity index (χ3v) is 2.61. The fourth-order valence-corrected chi connectivity index (χ4v) is 1.47. The molecule has 1 aromatic rings. The smallest absolute Gasteiger partial charge is 0.124 e. The molecule has 2 N–H and O–H groups in total. The van der Waals surface area contributed by atoms with E-state index in [1.807, 2.05) is 32.9 Å². The van der Waals surface area contributed by atoms with E-state index in [0.717, 1.165) is 12.0 Å². The lowest BCUT2D eigenvalue weighted by atomic mass is 9.94. The zero-order chi connectivity index (χ0) is 11.4. The molecule has 0 spiro atoms. The topological polar surface area (TPSA) is 52.8 Å². The molecule has 0 radical (unpaired) electrons. The Labute approximate surface area is 90.1 Å². The van der Waals surface area contributed by atoms with Crippen molar-refractivity contribution in [3.8, 4) is 5.75 Å². The van der Waals surface area contributed by atoms with Crippen LogP contribution in [0.5, 0.6) is 5.75 Å². The quantitative estimate of drug-likeness (QED) is 0.455. The third kappa shape index (κ3) is 2.49. The van der Waals surface area contributed by atoms with E-state index in [1.165, 1.54) is 0 Å². The zero-order valence-electron chi connectivity index (χ0n) is 9.36. The number of aryl methyl sites for hydroxylation is 1. The van der Waals surface area contributed by atoms with Crippen molar-refractivity contribution in [2.24, 2.45) is 11.1 Å². The van der Waals surface area contributed by atoms with Crippen molar-refractivity contribution in [2.75, 3.05) is 0 Å². The van der Waals surface area contributed by atoms with Gasteiger partial charge in [-0.25, -0.2) is 0 Å². The molecule has 0 amide bonds. The summed E-state index contributed by atoms with van der Waals surface area (Å²) < 4.78 is 0. The normalized spacial score (nSPS) is 13.9. The predicted molar refractivity (Wildman–Crippen MR) is 60.6 cm³/mol. The summed E-state index contributed by atoms with van der Waals surface area (Å²) in [7, 11) is 0.